The fourth-order valence-corrected chi connectivity index (χ4v) is 2.38. The van der Waals surface area contributed by atoms with Crippen LogP contribution in [0.15, 0.2) is 18.2 Å². The van der Waals surface area contributed by atoms with Gasteiger partial charge >= 0.3 is 0 Å². The lowest BCUT2D eigenvalue weighted by molar-refractivity contribution is -0.124. The summed E-state index contributed by atoms with van der Waals surface area (Å²) in [6.45, 7) is 6.65. The van der Waals surface area contributed by atoms with E-state index in [1.54, 1.807) is 12.1 Å². The zero-order valence-corrected chi connectivity index (χ0v) is 12.1. The molecule has 4 nitrogen and oxygen atoms in total. The van der Waals surface area contributed by atoms with Crippen molar-refractivity contribution >= 4 is 5.91 Å². The standard InChI is InChI=1S/C15H21FN2O2/c1-10-4-5-11(16)12(8-10)20-9-14(19)18-13-6-7-17-15(13,2)3/h4-5,8,13,17H,6-7,9H2,1-3H3,(H,18,19). The van der Waals surface area contributed by atoms with Crippen LogP contribution in [0.3, 0.4) is 0 Å². The van der Waals surface area contributed by atoms with Crippen molar-refractivity contribution in [2.75, 3.05) is 13.2 Å². The molecule has 110 valence electrons. The molecule has 1 fully saturated rings. The molecule has 0 saturated carbocycles. The topological polar surface area (TPSA) is 50.4 Å². The first kappa shape index (κ1) is 14.8. The van der Waals surface area contributed by atoms with Crippen LogP contribution in [0.25, 0.3) is 0 Å². The maximum Gasteiger partial charge on any atom is 0.258 e. The van der Waals surface area contributed by atoms with Gasteiger partial charge in [0.15, 0.2) is 18.2 Å². The lowest BCUT2D eigenvalue weighted by Gasteiger charge is -2.27. The Kier molecular flexibility index (Phi) is 4.28. The van der Waals surface area contributed by atoms with Crippen molar-refractivity contribution in [1.29, 1.82) is 0 Å². The summed E-state index contributed by atoms with van der Waals surface area (Å²) in [6, 6.07) is 4.66. The van der Waals surface area contributed by atoms with Gasteiger partial charge in [0.05, 0.1) is 0 Å². The van der Waals surface area contributed by atoms with Crippen LogP contribution in [0.5, 0.6) is 5.75 Å². The molecule has 1 aromatic rings. The molecular formula is C15H21FN2O2. The van der Waals surface area contributed by atoms with E-state index >= 15 is 0 Å². The third kappa shape index (κ3) is 3.48. The lowest BCUT2D eigenvalue weighted by Crippen LogP contribution is -2.51. The van der Waals surface area contributed by atoms with Crippen molar-refractivity contribution in [3.63, 3.8) is 0 Å². The van der Waals surface area contributed by atoms with Gasteiger partial charge in [0.2, 0.25) is 0 Å². The predicted octanol–water partition coefficient (Wildman–Crippen LogP) is 1.77. The molecule has 1 heterocycles. The summed E-state index contributed by atoms with van der Waals surface area (Å²) in [4.78, 5) is 11.9. The summed E-state index contributed by atoms with van der Waals surface area (Å²) in [5.74, 6) is -0.567. The normalized spacial score (nSPS) is 20.7. The molecule has 2 N–H and O–H groups in total. The van der Waals surface area contributed by atoms with Gasteiger partial charge in [-0.1, -0.05) is 6.07 Å². The Labute approximate surface area is 118 Å². The predicted molar refractivity (Wildman–Crippen MR) is 75.3 cm³/mol. The van der Waals surface area contributed by atoms with E-state index in [1.165, 1.54) is 6.07 Å². The van der Waals surface area contributed by atoms with Crippen LogP contribution in [-0.4, -0.2) is 30.6 Å². The average molecular weight is 280 g/mol. The fraction of sp³-hybridized carbons (Fsp3) is 0.533. The number of halogens is 1. The van der Waals surface area contributed by atoms with Gasteiger partial charge in [0, 0.05) is 11.6 Å². The number of carbonyl (C=O) groups is 1. The number of hydrogen-bond donors (Lipinski definition) is 2. The second kappa shape index (κ2) is 5.79. The number of benzene rings is 1. The molecule has 1 unspecified atom stereocenters. The lowest BCUT2D eigenvalue weighted by atomic mass is 9.97. The van der Waals surface area contributed by atoms with Gasteiger partial charge in [0.1, 0.15) is 0 Å². The third-order valence-electron chi connectivity index (χ3n) is 3.67. The van der Waals surface area contributed by atoms with Crippen LogP contribution in [-0.2, 0) is 4.79 Å². The van der Waals surface area contributed by atoms with E-state index in [0.29, 0.717) is 0 Å². The van der Waals surface area contributed by atoms with Gasteiger partial charge in [-0.15, -0.1) is 0 Å². The van der Waals surface area contributed by atoms with Gasteiger partial charge in [-0.05, 0) is 51.4 Å². The van der Waals surface area contributed by atoms with Gasteiger partial charge in [-0.25, -0.2) is 4.39 Å². The van der Waals surface area contributed by atoms with Crippen molar-refractivity contribution < 1.29 is 13.9 Å². The van der Waals surface area contributed by atoms with Gasteiger partial charge < -0.3 is 15.4 Å². The Morgan fingerprint density at radius 3 is 2.95 bits per heavy atom. The summed E-state index contributed by atoms with van der Waals surface area (Å²) in [6.07, 6.45) is 0.886. The smallest absolute Gasteiger partial charge is 0.258 e. The van der Waals surface area contributed by atoms with Gasteiger partial charge in [-0.2, -0.15) is 0 Å². The first-order chi connectivity index (χ1) is 9.38. The number of nitrogens with one attached hydrogen (secondary N) is 2. The van der Waals surface area contributed by atoms with E-state index in [9.17, 15) is 9.18 Å². The highest BCUT2D eigenvalue weighted by Crippen LogP contribution is 2.19. The summed E-state index contributed by atoms with van der Waals surface area (Å²) >= 11 is 0. The zero-order valence-electron chi connectivity index (χ0n) is 12.1. The molecule has 2 rings (SSSR count). The van der Waals surface area contributed by atoms with Crippen LogP contribution >= 0.6 is 0 Å². The maximum atomic E-state index is 13.5. The van der Waals surface area contributed by atoms with Crippen LogP contribution in [0.1, 0.15) is 25.8 Å². The van der Waals surface area contributed by atoms with Crippen molar-refractivity contribution in [2.45, 2.75) is 38.8 Å². The first-order valence-corrected chi connectivity index (χ1v) is 6.82. The van der Waals surface area contributed by atoms with Gasteiger partial charge in [0.25, 0.3) is 5.91 Å². The van der Waals surface area contributed by atoms with E-state index in [1.807, 2.05) is 20.8 Å². The minimum Gasteiger partial charge on any atom is -0.481 e. The summed E-state index contributed by atoms with van der Waals surface area (Å²) in [7, 11) is 0. The Bertz CT molecular complexity index is 503. The van der Waals surface area contributed by atoms with E-state index in [4.69, 9.17) is 4.74 Å². The number of amides is 1. The second-order valence-electron chi connectivity index (χ2n) is 5.78. The largest absolute Gasteiger partial charge is 0.481 e. The molecule has 1 aliphatic heterocycles. The van der Waals surface area contributed by atoms with Gasteiger partial charge in [-0.3, -0.25) is 4.79 Å². The molecule has 0 radical (unpaired) electrons. The zero-order chi connectivity index (χ0) is 14.8. The molecule has 0 aromatic heterocycles. The first-order valence-electron chi connectivity index (χ1n) is 6.82. The summed E-state index contributed by atoms with van der Waals surface area (Å²) in [5, 5.41) is 6.25. The average Bonchev–Trinajstić information content (AvgIpc) is 2.70. The quantitative estimate of drug-likeness (QED) is 0.884. The Morgan fingerprint density at radius 2 is 2.30 bits per heavy atom. The highest BCUT2D eigenvalue weighted by atomic mass is 19.1. The summed E-state index contributed by atoms with van der Waals surface area (Å²) in [5.41, 5.74) is 0.771. The Balaban J connectivity index is 1.88. The second-order valence-corrected chi connectivity index (χ2v) is 5.78. The molecule has 1 aromatic carbocycles. The molecule has 0 bridgehead atoms. The van der Waals surface area contributed by atoms with Crippen molar-refractivity contribution in [3.8, 4) is 5.75 Å². The van der Waals surface area contributed by atoms with E-state index in [-0.39, 0.29) is 29.8 Å². The van der Waals surface area contributed by atoms with E-state index < -0.39 is 5.82 Å². The minimum atomic E-state index is -0.453. The van der Waals surface area contributed by atoms with Crippen LogP contribution in [0.2, 0.25) is 0 Å². The number of aryl methyl sites for hydroxylation is 1. The highest BCUT2D eigenvalue weighted by Gasteiger charge is 2.34. The molecule has 1 saturated heterocycles. The Morgan fingerprint density at radius 1 is 1.55 bits per heavy atom. The molecule has 1 amide bonds. The minimum absolute atomic E-state index is 0.0703. The molecule has 0 aliphatic carbocycles. The van der Waals surface area contributed by atoms with Crippen LogP contribution in [0.4, 0.5) is 4.39 Å². The molecule has 1 aliphatic rings. The number of carbonyl (C=O) groups excluding carboxylic acids is 1. The monoisotopic (exact) mass is 280 g/mol. The molecular weight excluding hydrogens is 259 g/mol. The molecule has 20 heavy (non-hydrogen) atoms. The SMILES string of the molecule is Cc1ccc(F)c(OCC(=O)NC2CCNC2(C)C)c1. The number of ether oxygens (including phenoxy) is 1. The molecule has 5 heteroatoms. The van der Waals surface area contributed by atoms with E-state index in [0.717, 1.165) is 18.5 Å². The van der Waals surface area contributed by atoms with Crippen LogP contribution in [0, 0.1) is 12.7 Å². The Hall–Kier alpha value is -1.62. The fourth-order valence-electron chi connectivity index (χ4n) is 2.38. The molecule has 0 spiro atoms. The summed E-state index contributed by atoms with van der Waals surface area (Å²) < 4.78 is 18.7. The third-order valence-corrected chi connectivity index (χ3v) is 3.67. The van der Waals surface area contributed by atoms with Crippen LogP contribution < -0.4 is 15.4 Å². The number of hydrogen-bond acceptors (Lipinski definition) is 3. The van der Waals surface area contributed by atoms with Crippen molar-refractivity contribution in [2.24, 2.45) is 0 Å². The maximum absolute atomic E-state index is 13.5. The van der Waals surface area contributed by atoms with Crippen molar-refractivity contribution in [3.05, 3.63) is 29.6 Å². The van der Waals surface area contributed by atoms with E-state index in [2.05, 4.69) is 10.6 Å². The highest BCUT2D eigenvalue weighted by molar-refractivity contribution is 5.78. The molecule has 1 atom stereocenters. The number of rotatable bonds is 4. The van der Waals surface area contributed by atoms with Crippen molar-refractivity contribution in [1.82, 2.24) is 10.6 Å².